The number of hydrogen-bond donors (Lipinski definition) is 2. The lowest BCUT2D eigenvalue weighted by atomic mass is 9.91. The Labute approximate surface area is 116 Å². The van der Waals surface area contributed by atoms with E-state index in [2.05, 4.69) is 10.3 Å². The van der Waals surface area contributed by atoms with Crippen LogP contribution in [0.15, 0.2) is 10.8 Å². The number of nitrogens with zero attached hydrogens (tertiary/aromatic N) is 1. The van der Waals surface area contributed by atoms with Crippen molar-refractivity contribution in [1.82, 2.24) is 10.3 Å². The van der Waals surface area contributed by atoms with Crippen LogP contribution in [0.25, 0.3) is 0 Å². The molecule has 1 aliphatic rings. The highest BCUT2D eigenvalue weighted by atomic mass is 16.5. The van der Waals surface area contributed by atoms with E-state index in [1.54, 1.807) is 0 Å². The zero-order valence-electron chi connectivity index (χ0n) is 11.3. The average Bonchev–Trinajstić information content (AvgIpc) is 2.93. The molecule has 1 fully saturated rings. The van der Waals surface area contributed by atoms with Gasteiger partial charge in [0.2, 0.25) is 0 Å². The fourth-order valence-electron chi connectivity index (χ4n) is 2.35. The van der Waals surface area contributed by atoms with Gasteiger partial charge in [-0.3, -0.25) is 4.79 Å². The molecular weight excluding hydrogens is 264 g/mol. The van der Waals surface area contributed by atoms with Gasteiger partial charge >= 0.3 is 5.97 Å². The van der Waals surface area contributed by atoms with Crippen molar-refractivity contribution in [2.75, 3.05) is 13.2 Å². The van der Waals surface area contributed by atoms with Crippen LogP contribution in [0.5, 0.6) is 0 Å². The van der Waals surface area contributed by atoms with Crippen molar-refractivity contribution in [2.24, 2.45) is 5.92 Å². The second-order valence-electron chi connectivity index (χ2n) is 4.72. The number of hydrogen-bond acceptors (Lipinski definition) is 5. The monoisotopic (exact) mass is 282 g/mol. The van der Waals surface area contributed by atoms with Crippen molar-refractivity contribution in [3.8, 4) is 0 Å². The zero-order chi connectivity index (χ0) is 14.5. The highest BCUT2D eigenvalue weighted by molar-refractivity contribution is 5.95. The van der Waals surface area contributed by atoms with Gasteiger partial charge in [0, 0.05) is 19.6 Å². The predicted octanol–water partition coefficient (Wildman–Crippen LogP) is 0.847. The normalized spacial score (nSPS) is 17.6. The molecule has 0 aromatic carbocycles. The second kappa shape index (κ2) is 6.51. The number of carbonyl (C=O) groups excluding carboxylic acids is 1. The molecule has 20 heavy (non-hydrogen) atoms. The van der Waals surface area contributed by atoms with Crippen molar-refractivity contribution < 1.29 is 23.8 Å². The summed E-state index contributed by atoms with van der Waals surface area (Å²) in [7, 11) is 0. The third-order valence-corrected chi connectivity index (χ3v) is 3.47. The van der Waals surface area contributed by atoms with Gasteiger partial charge in [-0.05, 0) is 18.8 Å². The summed E-state index contributed by atoms with van der Waals surface area (Å²) in [5.41, 5.74) is 0.158. The quantitative estimate of drug-likeness (QED) is 0.830. The molecule has 0 saturated carbocycles. The minimum absolute atomic E-state index is 0.123. The van der Waals surface area contributed by atoms with E-state index in [9.17, 15) is 14.7 Å². The van der Waals surface area contributed by atoms with Gasteiger partial charge in [-0.1, -0.05) is 6.92 Å². The van der Waals surface area contributed by atoms with Gasteiger partial charge in [0.15, 0.2) is 12.1 Å². The molecule has 1 saturated heterocycles. The first kappa shape index (κ1) is 14.5. The number of aliphatic carboxylic acids is 1. The molecule has 0 bridgehead atoms. The summed E-state index contributed by atoms with van der Waals surface area (Å²) in [4.78, 5) is 27.3. The van der Waals surface area contributed by atoms with Gasteiger partial charge in [-0.2, -0.15) is 0 Å². The van der Waals surface area contributed by atoms with E-state index in [0.29, 0.717) is 38.2 Å². The fourth-order valence-corrected chi connectivity index (χ4v) is 2.35. The number of nitrogens with one attached hydrogen (secondary N) is 1. The molecule has 2 N–H and O–H groups in total. The summed E-state index contributed by atoms with van der Waals surface area (Å²) in [5.74, 6) is -1.21. The van der Waals surface area contributed by atoms with E-state index in [1.165, 1.54) is 6.39 Å². The van der Waals surface area contributed by atoms with Gasteiger partial charge in [0.05, 0.1) is 0 Å². The lowest BCUT2D eigenvalue weighted by Gasteiger charge is -2.27. The zero-order valence-corrected chi connectivity index (χ0v) is 11.3. The minimum Gasteiger partial charge on any atom is -0.480 e. The Hall–Kier alpha value is -1.89. The first-order valence-electron chi connectivity index (χ1n) is 6.67. The van der Waals surface area contributed by atoms with Crippen LogP contribution in [0, 0.1) is 5.92 Å². The Morgan fingerprint density at radius 3 is 2.80 bits per heavy atom. The molecule has 1 unspecified atom stereocenters. The number of aryl methyl sites for hydroxylation is 1. The summed E-state index contributed by atoms with van der Waals surface area (Å²) < 4.78 is 10.3. The molecule has 2 heterocycles. The van der Waals surface area contributed by atoms with Crippen LogP contribution in [-0.4, -0.2) is 41.2 Å². The fraction of sp³-hybridized carbons (Fsp3) is 0.615. The van der Waals surface area contributed by atoms with Crippen molar-refractivity contribution >= 4 is 11.9 Å². The minimum atomic E-state index is -1.04. The molecule has 2 rings (SSSR count). The van der Waals surface area contributed by atoms with E-state index >= 15 is 0 Å². The molecule has 1 aromatic rings. The van der Waals surface area contributed by atoms with E-state index in [1.807, 2.05) is 6.92 Å². The molecule has 1 amide bonds. The molecule has 7 heteroatoms. The maximum atomic E-state index is 12.1. The standard InChI is InChI=1S/C13H18N2O5/c1-2-9-11(14-7-20-9)12(16)15-10(13(17)18)8-3-5-19-6-4-8/h7-8,10H,2-6H2,1H3,(H,15,16)(H,17,18). The Balaban J connectivity index is 2.08. The molecule has 110 valence electrons. The van der Waals surface area contributed by atoms with E-state index < -0.39 is 17.9 Å². The highest BCUT2D eigenvalue weighted by Gasteiger charge is 2.32. The maximum absolute atomic E-state index is 12.1. The number of rotatable bonds is 5. The first-order valence-corrected chi connectivity index (χ1v) is 6.67. The van der Waals surface area contributed by atoms with Crippen LogP contribution in [0.2, 0.25) is 0 Å². The first-order chi connectivity index (χ1) is 9.63. The number of amides is 1. The van der Waals surface area contributed by atoms with Crippen molar-refractivity contribution in [2.45, 2.75) is 32.2 Å². The topological polar surface area (TPSA) is 102 Å². The van der Waals surface area contributed by atoms with Gasteiger partial charge < -0.3 is 19.6 Å². The Morgan fingerprint density at radius 1 is 1.50 bits per heavy atom. The van der Waals surface area contributed by atoms with Crippen molar-refractivity contribution in [3.63, 3.8) is 0 Å². The van der Waals surface area contributed by atoms with Crippen LogP contribution in [0.3, 0.4) is 0 Å². The van der Waals surface area contributed by atoms with Crippen LogP contribution in [0.1, 0.15) is 36.0 Å². The van der Waals surface area contributed by atoms with E-state index in [4.69, 9.17) is 9.15 Å². The summed E-state index contributed by atoms with van der Waals surface area (Å²) in [6, 6.07) is -0.923. The summed E-state index contributed by atoms with van der Waals surface area (Å²) in [6.45, 7) is 2.88. The van der Waals surface area contributed by atoms with Crippen LogP contribution < -0.4 is 5.32 Å². The third kappa shape index (κ3) is 3.16. The van der Waals surface area contributed by atoms with Gasteiger partial charge in [-0.15, -0.1) is 0 Å². The largest absolute Gasteiger partial charge is 0.480 e. The van der Waals surface area contributed by atoms with Crippen LogP contribution in [-0.2, 0) is 16.0 Å². The molecule has 1 aliphatic heterocycles. The SMILES string of the molecule is CCc1ocnc1C(=O)NC(C(=O)O)C1CCOCC1. The maximum Gasteiger partial charge on any atom is 0.326 e. The molecule has 0 radical (unpaired) electrons. The smallest absolute Gasteiger partial charge is 0.326 e. The van der Waals surface area contributed by atoms with E-state index in [0.717, 1.165) is 0 Å². The number of aromatic nitrogens is 1. The molecule has 1 aromatic heterocycles. The molecule has 0 spiro atoms. The number of carboxylic acid groups (broad SMARTS) is 1. The average molecular weight is 282 g/mol. The van der Waals surface area contributed by atoms with Gasteiger partial charge in [0.1, 0.15) is 11.8 Å². The molecule has 1 atom stereocenters. The van der Waals surface area contributed by atoms with Crippen molar-refractivity contribution in [1.29, 1.82) is 0 Å². The molecular formula is C13H18N2O5. The Morgan fingerprint density at radius 2 is 2.20 bits per heavy atom. The number of carbonyl (C=O) groups is 2. The molecule has 7 nitrogen and oxygen atoms in total. The lowest BCUT2D eigenvalue weighted by molar-refractivity contribution is -0.141. The third-order valence-electron chi connectivity index (χ3n) is 3.47. The van der Waals surface area contributed by atoms with Gasteiger partial charge in [0.25, 0.3) is 5.91 Å². The predicted molar refractivity (Wildman–Crippen MR) is 68.3 cm³/mol. The highest BCUT2D eigenvalue weighted by Crippen LogP contribution is 2.20. The molecule has 0 aliphatic carbocycles. The summed E-state index contributed by atoms with van der Waals surface area (Å²) >= 11 is 0. The van der Waals surface area contributed by atoms with Crippen LogP contribution in [0.4, 0.5) is 0 Å². The Kier molecular flexibility index (Phi) is 4.73. The van der Waals surface area contributed by atoms with Crippen molar-refractivity contribution in [3.05, 3.63) is 17.8 Å². The lowest BCUT2D eigenvalue weighted by Crippen LogP contribution is -2.47. The number of carboxylic acids is 1. The van der Waals surface area contributed by atoms with Crippen LogP contribution >= 0.6 is 0 Å². The van der Waals surface area contributed by atoms with E-state index in [-0.39, 0.29) is 11.6 Å². The summed E-state index contributed by atoms with van der Waals surface area (Å²) in [6.07, 6.45) is 2.96. The summed E-state index contributed by atoms with van der Waals surface area (Å²) in [5, 5.41) is 11.8. The second-order valence-corrected chi connectivity index (χ2v) is 4.72. The van der Waals surface area contributed by atoms with Gasteiger partial charge in [-0.25, -0.2) is 9.78 Å². The Bertz CT molecular complexity index is 479. The number of ether oxygens (including phenoxy) is 1. The number of oxazole rings is 1.